The number of nitrogens with one attached hydrogen (secondary N) is 1. The summed E-state index contributed by atoms with van der Waals surface area (Å²) in [4.78, 5) is 4.04. The summed E-state index contributed by atoms with van der Waals surface area (Å²) in [5.41, 5.74) is 0.922. The smallest absolute Gasteiger partial charge is 0.152 e. The van der Waals surface area contributed by atoms with Crippen LogP contribution in [0, 0.1) is 0 Å². The summed E-state index contributed by atoms with van der Waals surface area (Å²) >= 11 is 5.98. The van der Waals surface area contributed by atoms with Gasteiger partial charge in [-0.2, -0.15) is 0 Å². The summed E-state index contributed by atoms with van der Waals surface area (Å²) in [6, 6.07) is 4.30. The fraction of sp³-hybridized carbons (Fsp3) is 0.545. The van der Waals surface area contributed by atoms with Crippen molar-refractivity contribution in [1.29, 1.82) is 0 Å². The molecule has 15 heavy (non-hydrogen) atoms. The van der Waals surface area contributed by atoms with E-state index in [1.165, 1.54) is 0 Å². The zero-order valence-electron chi connectivity index (χ0n) is 8.58. The fourth-order valence-corrected chi connectivity index (χ4v) is 1.94. The first kappa shape index (κ1) is 10.7. The third kappa shape index (κ3) is 3.08. The molecule has 0 aliphatic carbocycles. The van der Waals surface area contributed by atoms with E-state index in [2.05, 4.69) is 10.3 Å². The number of hydrogen-bond donors (Lipinski definition) is 1. The molecule has 0 aromatic carbocycles. The number of hydrogen-bond acceptors (Lipinski definition) is 3. The predicted octanol–water partition coefficient (Wildman–Crippen LogP) is 2.72. The first-order chi connectivity index (χ1) is 7.36. The predicted molar refractivity (Wildman–Crippen MR) is 61.3 cm³/mol. The Balaban J connectivity index is 1.98. The number of rotatable bonds is 2. The molecule has 1 unspecified atom stereocenters. The van der Waals surface area contributed by atoms with E-state index in [-0.39, 0.29) is 0 Å². The molecule has 0 bridgehead atoms. The quantitative estimate of drug-likeness (QED) is 0.788. The van der Waals surface area contributed by atoms with E-state index >= 15 is 0 Å². The fourth-order valence-electron chi connectivity index (χ4n) is 1.76. The number of aromatic nitrogens is 1. The van der Waals surface area contributed by atoms with Crippen LogP contribution in [0.2, 0.25) is 5.15 Å². The third-order valence-electron chi connectivity index (χ3n) is 2.57. The minimum absolute atomic E-state index is 0.453. The molecule has 4 heteroatoms. The van der Waals surface area contributed by atoms with Crippen molar-refractivity contribution in [2.45, 2.75) is 25.3 Å². The molecule has 1 N–H and O–H groups in total. The van der Waals surface area contributed by atoms with Gasteiger partial charge in [0.2, 0.25) is 0 Å². The standard InChI is InChI=1S/C11H15ClN2O/c12-11-10(4-1-6-13-11)14-9-3-2-7-15-8-5-9/h1,4,6,9,14H,2-3,5,7-8H2. The van der Waals surface area contributed by atoms with Crippen molar-refractivity contribution in [2.24, 2.45) is 0 Å². The van der Waals surface area contributed by atoms with Crippen LogP contribution < -0.4 is 5.32 Å². The second-order valence-electron chi connectivity index (χ2n) is 3.73. The SMILES string of the molecule is Clc1ncccc1NC1CCCOCC1. The van der Waals surface area contributed by atoms with Crippen LogP contribution in [0.3, 0.4) is 0 Å². The lowest BCUT2D eigenvalue weighted by Crippen LogP contribution is -2.19. The van der Waals surface area contributed by atoms with Gasteiger partial charge in [-0.05, 0) is 31.4 Å². The van der Waals surface area contributed by atoms with Gasteiger partial charge in [0.25, 0.3) is 0 Å². The highest BCUT2D eigenvalue weighted by Gasteiger charge is 2.13. The Kier molecular flexibility index (Phi) is 3.80. The van der Waals surface area contributed by atoms with E-state index in [0.29, 0.717) is 11.2 Å². The minimum Gasteiger partial charge on any atom is -0.381 e. The van der Waals surface area contributed by atoms with E-state index in [1.807, 2.05) is 12.1 Å². The molecule has 1 saturated heterocycles. The highest BCUT2D eigenvalue weighted by Crippen LogP contribution is 2.21. The average Bonchev–Trinajstić information content (AvgIpc) is 2.50. The Morgan fingerprint density at radius 2 is 2.33 bits per heavy atom. The van der Waals surface area contributed by atoms with Crippen LogP contribution in [-0.2, 0) is 4.74 Å². The van der Waals surface area contributed by atoms with Crippen LogP contribution in [0.5, 0.6) is 0 Å². The Labute approximate surface area is 94.8 Å². The zero-order valence-corrected chi connectivity index (χ0v) is 9.33. The monoisotopic (exact) mass is 226 g/mol. The van der Waals surface area contributed by atoms with Gasteiger partial charge in [0.15, 0.2) is 5.15 Å². The van der Waals surface area contributed by atoms with Gasteiger partial charge in [0, 0.05) is 25.5 Å². The molecule has 0 spiro atoms. The van der Waals surface area contributed by atoms with Crippen LogP contribution in [-0.4, -0.2) is 24.2 Å². The van der Waals surface area contributed by atoms with Gasteiger partial charge >= 0.3 is 0 Å². The molecule has 2 rings (SSSR count). The van der Waals surface area contributed by atoms with Gasteiger partial charge in [-0.15, -0.1) is 0 Å². The lowest BCUT2D eigenvalue weighted by molar-refractivity contribution is 0.144. The van der Waals surface area contributed by atoms with Crippen LogP contribution in [0.15, 0.2) is 18.3 Å². The van der Waals surface area contributed by atoms with Crippen molar-refractivity contribution >= 4 is 17.3 Å². The summed E-state index contributed by atoms with van der Waals surface area (Å²) < 4.78 is 5.40. The summed E-state index contributed by atoms with van der Waals surface area (Å²) in [5.74, 6) is 0. The van der Waals surface area contributed by atoms with Crippen molar-refractivity contribution in [3.8, 4) is 0 Å². The van der Waals surface area contributed by atoms with Gasteiger partial charge in [-0.25, -0.2) is 4.98 Å². The Bertz CT molecular complexity index is 311. The van der Waals surface area contributed by atoms with Gasteiger partial charge in [-0.1, -0.05) is 11.6 Å². The van der Waals surface area contributed by atoms with E-state index < -0.39 is 0 Å². The molecule has 0 saturated carbocycles. The summed E-state index contributed by atoms with van der Waals surface area (Å²) in [7, 11) is 0. The van der Waals surface area contributed by atoms with Crippen molar-refractivity contribution < 1.29 is 4.74 Å². The molecule has 1 aliphatic heterocycles. The summed E-state index contributed by atoms with van der Waals surface area (Å²) in [6.07, 6.45) is 4.97. The van der Waals surface area contributed by atoms with Crippen LogP contribution in [0.1, 0.15) is 19.3 Å². The molecule has 0 amide bonds. The van der Waals surface area contributed by atoms with Crippen molar-refractivity contribution in [3.63, 3.8) is 0 Å². The molecule has 2 heterocycles. The zero-order chi connectivity index (χ0) is 10.5. The lowest BCUT2D eigenvalue weighted by Gasteiger charge is -2.17. The Hall–Kier alpha value is -0.800. The van der Waals surface area contributed by atoms with Crippen molar-refractivity contribution in [2.75, 3.05) is 18.5 Å². The molecule has 1 aromatic heterocycles. The number of pyridine rings is 1. The number of halogens is 1. The van der Waals surface area contributed by atoms with Gasteiger partial charge in [0.05, 0.1) is 5.69 Å². The summed E-state index contributed by atoms with van der Waals surface area (Å²) in [5, 5.41) is 3.96. The maximum atomic E-state index is 5.98. The highest BCUT2D eigenvalue weighted by molar-refractivity contribution is 6.31. The molecular formula is C11H15ClN2O. The van der Waals surface area contributed by atoms with E-state index in [9.17, 15) is 0 Å². The average molecular weight is 227 g/mol. The molecule has 3 nitrogen and oxygen atoms in total. The number of nitrogens with zero attached hydrogens (tertiary/aromatic N) is 1. The molecule has 1 aromatic rings. The first-order valence-corrected chi connectivity index (χ1v) is 5.69. The van der Waals surface area contributed by atoms with Crippen LogP contribution >= 0.6 is 11.6 Å². The highest BCUT2D eigenvalue weighted by atomic mass is 35.5. The Morgan fingerprint density at radius 1 is 1.40 bits per heavy atom. The van der Waals surface area contributed by atoms with Crippen molar-refractivity contribution in [1.82, 2.24) is 4.98 Å². The molecule has 82 valence electrons. The van der Waals surface area contributed by atoms with Crippen molar-refractivity contribution in [3.05, 3.63) is 23.5 Å². The van der Waals surface area contributed by atoms with E-state index in [0.717, 1.165) is 38.2 Å². The van der Waals surface area contributed by atoms with Gasteiger partial charge in [0.1, 0.15) is 0 Å². The number of ether oxygens (including phenoxy) is 1. The number of anilines is 1. The second-order valence-corrected chi connectivity index (χ2v) is 4.08. The van der Waals surface area contributed by atoms with E-state index in [4.69, 9.17) is 16.3 Å². The topological polar surface area (TPSA) is 34.2 Å². The Morgan fingerprint density at radius 3 is 3.20 bits per heavy atom. The molecule has 1 atom stereocenters. The van der Waals surface area contributed by atoms with E-state index in [1.54, 1.807) is 6.20 Å². The minimum atomic E-state index is 0.453. The molecule has 1 aliphatic rings. The lowest BCUT2D eigenvalue weighted by atomic mass is 10.1. The second kappa shape index (κ2) is 5.33. The van der Waals surface area contributed by atoms with Gasteiger partial charge < -0.3 is 10.1 Å². The maximum absolute atomic E-state index is 5.98. The largest absolute Gasteiger partial charge is 0.381 e. The molecular weight excluding hydrogens is 212 g/mol. The third-order valence-corrected chi connectivity index (χ3v) is 2.87. The van der Waals surface area contributed by atoms with Gasteiger partial charge in [-0.3, -0.25) is 0 Å². The molecule has 1 fully saturated rings. The van der Waals surface area contributed by atoms with Crippen LogP contribution in [0.25, 0.3) is 0 Å². The first-order valence-electron chi connectivity index (χ1n) is 5.31. The maximum Gasteiger partial charge on any atom is 0.152 e. The summed E-state index contributed by atoms with van der Waals surface area (Å²) in [6.45, 7) is 1.70. The van der Waals surface area contributed by atoms with Crippen LogP contribution in [0.4, 0.5) is 5.69 Å². The molecule has 0 radical (unpaired) electrons. The normalized spacial score (nSPS) is 22.1.